The molecule has 4 radical (unpaired) electrons. The van der Waals surface area contributed by atoms with Crippen LogP contribution >= 0.6 is 23.5 Å². The summed E-state index contributed by atoms with van der Waals surface area (Å²) in [6.45, 7) is 19.8. The highest BCUT2D eigenvalue weighted by Crippen LogP contribution is 2.30. The number of hydrogen-bond acceptors (Lipinski definition) is 25. The van der Waals surface area contributed by atoms with E-state index in [4.69, 9.17) is 53.6 Å². The zero-order valence-corrected chi connectivity index (χ0v) is 62.0. The van der Waals surface area contributed by atoms with E-state index < -0.39 is 96.9 Å². The number of carboxylic acid groups (broad SMARTS) is 2. The second kappa shape index (κ2) is 51.3. The number of benzene rings is 2. The molecule has 102 heavy (non-hydrogen) atoms. The van der Waals surface area contributed by atoms with Crippen LogP contribution in [0.5, 0.6) is 11.5 Å². The predicted octanol–water partition coefficient (Wildman–Crippen LogP) is 7.30. The monoisotopic (exact) mass is 1470 g/mol. The molecule has 0 saturated carbocycles. The van der Waals surface area contributed by atoms with E-state index in [1.54, 1.807) is 4.68 Å². The molecule has 10 N–H and O–H groups in total. The highest BCUT2D eigenvalue weighted by Gasteiger charge is 2.49. The maximum Gasteiger partial charge on any atom is 0.335 e. The molecule has 10 atom stereocenters. The van der Waals surface area contributed by atoms with Crippen molar-refractivity contribution in [1.82, 2.24) is 25.6 Å². The summed E-state index contributed by atoms with van der Waals surface area (Å²) < 4.78 is 43.9. The number of aliphatic hydroxyl groups excluding tert-OH is 6. The molecule has 3 heterocycles. The van der Waals surface area contributed by atoms with Crippen molar-refractivity contribution >= 4 is 80.4 Å². The van der Waals surface area contributed by atoms with Gasteiger partial charge in [0, 0.05) is 43.4 Å². The Bertz CT molecular complexity index is 3210. The Morgan fingerprint density at radius 3 is 1.51 bits per heavy atom. The van der Waals surface area contributed by atoms with Gasteiger partial charge in [-0.15, -0.1) is 5.10 Å². The van der Waals surface area contributed by atoms with Crippen LogP contribution in [-0.4, -0.2) is 231 Å². The van der Waals surface area contributed by atoms with E-state index in [1.165, 1.54) is 58.7 Å². The van der Waals surface area contributed by atoms with Gasteiger partial charge in [-0.25, -0.2) is 9.59 Å². The van der Waals surface area contributed by atoms with Crippen molar-refractivity contribution in [3.05, 3.63) is 117 Å². The van der Waals surface area contributed by atoms with E-state index in [-0.39, 0.29) is 68.9 Å². The summed E-state index contributed by atoms with van der Waals surface area (Å²) in [5, 5.41) is 93.2. The van der Waals surface area contributed by atoms with Crippen LogP contribution in [0.15, 0.2) is 94.2 Å². The number of rotatable bonds is 40. The minimum Gasteiger partial charge on any atom is -0.479 e. The number of carboxylic acids is 2. The lowest BCUT2D eigenvalue weighted by Gasteiger charge is -2.38. The fourth-order valence-electron chi connectivity index (χ4n) is 9.44. The van der Waals surface area contributed by atoms with Crippen LogP contribution in [-0.2, 0) is 64.4 Å². The van der Waals surface area contributed by atoms with Crippen LogP contribution in [0.1, 0.15) is 158 Å². The van der Waals surface area contributed by atoms with E-state index in [1.807, 2.05) is 64.3 Å². The van der Waals surface area contributed by atoms with Gasteiger partial charge < -0.3 is 89.4 Å². The summed E-state index contributed by atoms with van der Waals surface area (Å²) >= 11 is 3.63. The number of nitrogens with zero attached hydrogens (tertiary/aromatic N) is 4. The van der Waals surface area contributed by atoms with Crippen molar-refractivity contribution in [2.45, 2.75) is 208 Å². The molecule has 2 amide bonds. The lowest BCUT2D eigenvalue weighted by Crippen LogP contribution is -2.61. The Morgan fingerprint density at radius 2 is 1.05 bits per heavy atom. The third-order valence-corrected chi connectivity index (χ3v) is 16.1. The van der Waals surface area contributed by atoms with E-state index in [0.717, 1.165) is 75.1 Å². The number of hydrogen-bond donors (Lipinski definition) is 10. The molecule has 0 unspecified atom stereocenters. The summed E-state index contributed by atoms with van der Waals surface area (Å²) in [6.07, 6.45) is 5.03. The summed E-state index contributed by atoms with van der Waals surface area (Å²) in [5.74, 6) is -4.64. The second-order valence-corrected chi connectivity index (χ2v) is 25.0. The number of carbonyl (C=O) groups is 6. The van der Waals surface area contributed by atoms with Crippen LogP contribution in [0.2, 0.25) is 0 Å². The average Bonchev–Trinajstić information content (AvgIpc) is 0.918. The van der Waals surface area contributed by atoms with E-state index in [0.29, 0.717) is 29.8 Å². The number of carbonyl (C=O) groups excluding carboxylic acids is 4. The zero-order valence-electron chi connectivity index (χ0n) is 60.3. The quantitative estimate of drug-likeness (QED) is 0.00877. The Kier molecular flexibility index (Phi) is 45.8. The highest BCUT2D eigenvalue weighted by molar-refractivity contribution is 7.98. The van der Waals surface area contributed by atoms with Crippen molar-refractivity contribution < 1.29 is 108 Å². The molecule has 3 aromatic rings. The number of thioether (sulfide) groups is 2. The van der Waals surface area contributed by atoms with Gasteiger partial charge in [-0.3, -0.25) is 28.9 Å². The molecule has 2 saturated heterocycles. The van der Waals surface area contributed by atoms with Gasteiger partial charge in [0.15, 0.2) is 12.2 Å². The molecule has 2 aromatic carbocycles. The number of allylic oxidation sites excluding steroid dienone is 6. The summed E-state index contributed by atoms with van der Waals surface area (Å²) in [7, 11) is 10.1. The topological polar surface area (TPSA) is 405 Å². The molecule has 2 aliphatic rings. The van der Waals surface area contributed by atoms with Crippen molar-refractivity contribution in [2.24, 2.45) is 4.99 Å². The number of nitrogens with one attached hydrogen (secondary N) is 2. The lowest BCUT2D eigenvalue weighted by molar-refractivity contribution is -0.271. The Hall–Kier alpha value is -6.94. The molecular weight excluding hydrogens is 1360 g/mol. The van der Waals surface area contributed by atoms with Gasteiger partial charge in [0.05, 0.1) is 30.5 Å². The normalized spacial score (nSPS) is 20.8. The van der Waals surface area contributed by atoms with Gasteiger partial charge in [-0.1, -0.05) is 91.6 Å². The smallest absolute Gasteiger partial charge is 0.335 e. The lowest BCUT2D eigenvalue weighted by atomic mass is 9.99. The Labute approximate surface area is 609 Å². The van der Waals surface area contributed by atoms with Crippen LogP contribution in [0.3, 0.4) is 0 Å². The summed E-state index contributed by atoms with van der Waals surface area (Å²) in [4.78, 5) is 76.0. The molecule has 0 spiro atoms. The van der Waals surface area contributed by atoms with E-state index >= 15 is 0 Å². The molecule has 0 aliphatic carbocycles. The fraction of sp³-hybridized carbons (Fsp3) is 0.586. The maximum absolute atomic E-state index is 13.2. The van der Waals surface area contributed by atoms with Crippen LogP contribution in [0, 0.1) is 0 Å². The van der Waals surface area contributed by atoms with Crippen LogP contribution in [0.25, 0.3) is 0 Å². The van der Waals surface area contributed by atoms with Crippen molar-refractivity contribution in [1.29, 1.82) is 0 Å². The van der Waals surface area contributed by atoms with E-state index in [9.17, 15) is 69.6 Å². The van der Waals surface area contributed by atoms with Gasteiger partial charge in [-0.2, -0.15) is 23.5 Å². The van der Waals surface area contributed by atoms with Gasteiger partial charge in [-0.05, 0) is 140 Å². The van der Waals surface area contributed by atoms with Crippen molar-refractivity contribution in [3.63, 3.8) is 0 Å². The molecule has 32 heteroatoms. The number of aliphatic carboxylic acids is 2. The first-order valence-electron chi connectivity index (χ1n) is 33.7. The third-order valence-electron chi connectivity index (χ3n) is 15.1. The third kappa shape index (κ3) is 34.6. The van der Waals surface area contributed by atoms with Crippen LogP contribution in [0.4, 0.5) is 9.59 Å². The van der Waals surface area contributed by atoms with E-state index in [2.05, 4.69) is 90.4 Å². The van der Waals surface area contributed by atoms with Crippen molar-refractivity contribution in [3.8, 4) is 11.5 Å². The number of aliphatic imine (C=N–C) groups is 1. The largest absolute Gasteiger partial charge is 0.479 e. The zero-order chi connectivity index (χ0) is 76.3. The molecule has 28 nitrogen and oxygen atoms in total. The standard InChI is InChI=1S/C34H47BN4O12S.C32H45BN2O10S.2C2H6/c1-21(6-4-7-22(2)11-15-52-3)8-5-13-39-17-24(37-38-39)19-48-20-47-14-12-36-31(43)25-16-23(18-49-34(35)46)9-10-26(25)50-33-29(42)27(40)28(41)30(51-33)32(44)45;1-19(7-5-8-20(2)13-16-46-4)9-10-21(3)34-14-6-15-35-29(39)23-17-22(18-43-32(33)42)11-12-24(23)44-31-27(38)25(36)26(37)28(45-31)30(40)41;2*1-2/h6,9-11,16-17,27-30,33,40-42H,4-5,7-8,12-15,18-20H2,1-3H3,(H,36,43)(H,44,45);7,11-13,17,25-28,31,36-38H,5-6,8-10,14-16,18H2,1-4H3,(H,35,39)(H,40,41);2*1-2H3/b21-6+,22-11+;19-7+,20-13+,34-21?;;/t27-,28-,29+,30-,33+;25-,26-,27+,28-,31+;;/m00../s1. The number of amides is 2. The summed E-state index contributed by atoms with van der Waals surface area (Å²) in [5.41, 5.74) is 7.78. The predicted molar refractivity (Wildman–Crippen MR) is 389 cm³/mol. The summed E-state index contributed by atoms with van der Waals surface area (Å²) in [6, 6.07) is 8.23. The Morgan fingerprint density at radius 1 is 0.588 bits per heavy atom. The highest BCUT2D eigenvalue weighted by atomic mass is 32.2. The fourth-order valence-corrected chi connectivity index (χ4v) is 10.3. The van der Waals surface area contributed by atoms with Gasteiger partial charge >= 0.3 is 11.9 Å². The number of aromatic nitrogens is 3. The first-order chi connectivity index (χ1) is 48.7. The minimum absolute atomic E-state index is 0.0364. The number of ether oxygens (including phenoxy) is 8. The van der Waals surface area contributed by atoms with Gasteiger partial charge in [0.2, 0.25) is 40.0 Å². The SMILES string of the molecule is CC.CC.[B]C(=O)OCc1ccc(O[C@@H]2O[C@H](C(=O)O)[C@@H](O)[C@H](O)[C@H]2O)c(C(=O)NCCCN=C(C)CC/C(C)=C/CC/C(C)=C/CSC)c1.[B]C(=O)OCc1ccc(O[C@@H]2O[C@H](C(=O)O)[C@@H](O)[C@H](O)[C@H]2O)c(C(=O)NCCOCOCc2cn(CCC/C(C)=C/CC/C(C)=C/CSC)nn2)c1. The number of aryl methyl sites for hydroxylation is 1. The molecule has 0 bridgehead atoms. The molecule has 1 aromatic heterocycles. The molecule has 2 fully saturated rings. The number of aliphatic hydroxyl groups is 6. The first kappa shape index (κ1) is 91.1. The second-order valence-electron chi connectivity index (χ2n) is 23.2. The Balaban J connectivity index is 0.000000666. The maximum atomic E-state index is 13.2. The first-order valence-corrected chi connectivity index (χ1v) is 36.5. The molecule has 5 rings (SSSR count). The van der Waals surface area contributed by atoms with Crippen molar-refractivity contribution in [2.75, 3.05) is 57.1 Å². The molecule has 2 aliphatic heterocycles. The van der Waals surface area contributed by atoms with Gasteiger partial charge in [0.25, 0.3) is 11.8 Å². The van der Waals surface area contributed by atoms with Crippen LogP contribution < -0.4 is 20.1 Å². The minimum atomic E-state index is -1.93. The molecule has 564 valence electrons. The molecular formula is C70H104B2N6O22S2. The average molecular weight is 1470 g/mol. The van der Waals surface area contributed by atoms with Gasteiger partial charge in [0.1, 0.15) is 73.8 Å².